The maximum Gasteiger partial charge on any atom is 0.118 e. The van der Waals surface area contributed by atoms with Crippen molar-refractivity contribution in [1.29, 1.82) is 0 Å². The van der Waals surface area contributed by atoms with Crippen LogP contribution >= 0.6 is 0 Å². The SMILES string of the molecule is CC(C)(C)C1C(F)CN2CC3CC3C12. The van der Waals surface area contributed by atoms with Crippen LogP contribution in [0.2, 0.25) is 0 Å². The number of fused-ring (bicyclic) bond motifs is 3. The van der Waals surface area contributed by atoms with E-state index in [9.17, 15) is 4.39 Å². The summed E-state index contributed by atoms with van der Waals surface area (Å²) in [5.41, 5.74) is 0.135. The van der Waals surface area contributed by atoms with Crippen molar-refractivity contribution in [1.82, 2.24) is 4.90 Å². The molecule has 3 rings (SSSR count). The largest absolute Gasteiger partial charge is 0.297 e. The number of rotatable bonds is 0. The summed E-state index contributed by atoms with van der Waals surface area (Å²) < 4.78 is 14.0. The number of halogens is 1. The summed E-state index contributed by atoms with van der Waals surface area (Å²) in [5, 5.41) is 0. The molecule has 80 valence electrons. The minimum Gasteiger partial charge on any atom is -0.297 e. The van der Waals surface area contributed by atoms with Gasteiger partial charge in [0, 0.05) is 25.0 Å². The van der Waals surface area contributed by atoms with Crippen LogP contribution in [-0.2, 0) is 0 Å². The van der Waals surface area contributed by atoms with Crippen molar-refractivity contribution in [3.63, 3.8) is 0 Å². The number of nitrogens with zero attached hydrogens (tertiary/aromatic N) is 1. The Hall–Kier alpha value is -0.110. The van der Waals surface area contributed by atoms with Gasteiger partial charge >= 0.3 is 0 Å². The summed E-state index contributed by atoms with van der Waals surface area (Å²) in [6, 6.07) is 0.579. The molecule has 0 aromatic carbocycles. The van der Waals surface area contributed by atoms with Crippen LogP contribution in [0.5, 0.6) is 0 Å². The van der Waals surface area contributed by atoms with Crippen molar-refractivity contribution < 1.29 is 4.39 Å². The lowest BCUT2D eigenvalue weighted by molar-refractivity contribution is 0.118. The Balaban J connectivity index is 1.88. The minimum absolute atomic E-state index is 0.135. The molecule has 1 nitrogen and oxygen atoms in total. The van der Waals surface area contributed by atoms with E-state index < -0.39 is 6.17 Å². The van der Waals surface area contributed by atoms with Crippen LogP contribution in [0.3, 0.4) is 0 Å². The summed E-state index contributed by atoms with van der Waals surface area (Å²) in [4.78, 5) is 2.42. The second kappa shape index (κ2) is 2.52. The quantitative estimate of drug-likeness (QED) is 0.576. The zero-order chi connectivity index (χ0) is 10.1. The van der Waals surface area contributed by atoms with Gasteiger partial charge in [-0.05, 0) is 23.7 Å². The third-order valence-electron chi connectivity index (χ3n) is 4.47. The maximum atomic E-state index is 14.0. The van der Waals surface area contributed by atoms with Gasteiger partial charge in [-0.1, -0.05) is 20.8 Å². The van der Waals surface area contributed by atoms with Crippen molar-refractivity contribution in [3.05, 3.63) is 0 Å². The predicted molar refractivity (Wildman–Crippen MR) is 54.8 cm³/mol. The van der Waals surface area contributed by atoms with Crippen molar-refractivity contribution in [2.75, 3.05) is 13.1 Å². The van der Waals surface area contributed by atoms with E-state index in [1.165, 1.54) is 13.0 Å². The first-order valence-electron chi connectivity index (χ1n) is 5.86. The first-order chi connectivity index (χ1) is 6.48. The van der Waals surface area contributed by atoms with Crippen LogP contribution in [0.4, 0.5) is 4.39 Å². The van der Waals surface area contributed by atoms with E-state index in [2.05, 4.69) is 25.7 Å². The second-order valence-electron chi connectivity index (χ2n) is 6.51. The fraction of sp³-hybridized carbons (Fsp3) is 1.00. The van der Waals surface area contributed by atoms with Gasteiger partial charge in [0.25, 0.3) is 0 Å². The third kappa shape index (κ3) is 1.09. The monoisotopic (exact) mass is 197 g/mol. The molecule has 1 saturated carbocycles. The lowest BCUT2D eigenvalue weighted by Crippen LogP contribution is -2.37. The summed E-state index contributed by atoms with van der Waals surface area (Å²) in [6.45, 7) is 8.48. The molecule has 0 N–H and O–H groups in total. The molecule has 1 aliphatic carbocycles. The molecule has 0 amide bonds. The molecule has 0 radical (unpaired) electrons. The molecular weight excluding hydrogens is 177 g/mol. The molecule has 0 aromatic rings. The Labute approximate surface area is 85.7 Å². The molecule has 2 heterocycles. The Bertz CT molecular complexity index is 258. The highest BCUT2D eigenvalue weighted by Gasteiger charge is 2.61. The molecule has 5 unspecified atom stereocenters. The first kappa shape index (κ1) is 9.14. The van der Waals surface area contributed by atoms with Gasteiger partial charge in [-0.15, -0.1) is 0 Å². The van der Waals surface area contributed by atoms with Crippen molar-refractivity contribution >= 4 is 0 Å². The van der Waals surface area contributed by atoms with Crippen LogP contribution in [0.15, 0.2) is 0 Å². The van der Waals surface area contributed by atoms with E-state index in [4.69, 9.17) is 0 Å². The van der Waals surface area contributed by atoms with Gasteiger partial charge in [0.2, 0.25) is 0 Å². The Kier molecular flexibility index (Phi) is 1.65. The number of alkyl halides is 1. The number of hydrogen-bond acceptors (Lipinski definition) is 1. The third-order valence-corrected chi connectivity index (χ3v) is 4.47. The van der Waals surface area contributed by atoms with Crippen LogP contribution in [0.25, 0.3) is 0 Å². The summed E-state index contributed by atoms with van der Waals surface area (Å²) >= 11 is 0. The van der Waals surface area contributed by atoms with Gasteiger partial charge in [0.15, 0.2) is 0 Å². The normalized spacial score (nSPS) is 51.9. The molecule has 2 saturated heterocycles. The Morgan fingerprint density at radius 2 is 1.93 bits per heavy atom. The summed E-state index contributed by atoms with van der Waals surface area (Å²) in [5.74, 6) is 2.05. The van der Waals surface area contributed by atoms with Gasteiger partial charge in [0.1, 0.15) is 6.17 Å². The highest BCUT2D eigenvalue weighted by atomic mass is 19.1. The van der Waals surface area contributed by atoms with E-state index in [0.29, 0.717) is 12.6 Å². The number of hydrogen-bond donors (Lipinski definition) is 0. The second-order valence-corrected chi connectivity index (χ2v) is 6.51. The summed E-state index contributed by atoms with van der Waals surface area (Å²) in [7, 11) is 0. The smallest absolute Gasteiger partial charge is 0.118 e. The zero-order valence-corrected chi connectivity index (χ0v) is 9.33. The number of piperidine rings is 1. The first-order valence-corrected chi connectivity index (χ1v) is 5.86. The molecule has 0 spiro atoms. The lowest BCUT2D eigenvalue weighted by atomic mass is 9.74. The van der Waals surface area contributed by atoms with Crippen molar-refractivity contribution in [2.24, 2.45) is 23.2 Å². The highest BCUT2D eigenvalue weighted by Crippen LogP contribution is 2.58. The minimum atomic E-state index is -0.582. The van der Waals surface area contributed by atoms with Crippen molar-refractivity contribution in [3.8, 4) is 0 Å². The highest BCUT2D eigenvalue weighted by molar-refractivity contribution is 5.13. The average molecular weight is 197 g/mol. The van der Waals surface area contributed by atoms with E-state index in [0.717, 1.165) is 11.8 Å². The maximum absolute atomic E-state index is 14.0. The Morgan fingerprint density at radius 1 is 1.21 bits per heavy atom. The van der Waals surface area contributed by atoms with E-state index in [1.807, 2.05) is 0 Å². The predicted octanol–water partition coefficient (Wildman–Crippen LogP) is 2.32. The van der Waals surface area contributed by atoms with Crippen molar-refractivity contribution in [2.45, 2.75) is 39.4 Å². The fourth-order valence-electron chi connectivity index (χ4n) is 3.89. The summed E-state index contributed by atoms with van der Waals surface area (Å²) in [6.07, 6.45) is 0.794. The van der Waals surface area contributed by atoms with Crippen LogP contribution < -0.4 is 0 Å². The fourth-order valence-corrected chi connectivity index (χ4v) is 3.89. The van der Waals surface area contributed by atoms with E-state index in [1.54, 1.807) is 0 Å². The van der Waals surface area contributed by atoms with E-state index in [-0.39, 0.29) is 11.3 Å². The van der Waals surface area contributed by atoms with Crippen LogP contribution in [0.1, 0.15) is 27.2 Å². The molecule has 5 atom stereocenters. The molecule has 0 aromatic heterocycles. The van der Waals surface area contributed by atoms with Gasteiger partial charge in [-0.3, -0.25) is 4.90 Å². The van der Waals surface area contributed by atoms with Gasteiger partial charge in [-0.25, -0.2) is 4.39 Å². The molecule has 0 bridgehead atoms. The molecule has 3 aliphatic rings. The van der Waals surface area contributed by atoms with Crippen LogP contribution in [-0.4, -0.2) is 30.2 Å². The molecule has 2 heteroatoms. The van der Waals surface area contributed by atoms with Gasteiger partial charge in [0.05, 0.1) is 0 Å². The zero-order valence-electron chi connectivity index (χ0n) is 9.33. The molecular formula is C12H20FN. The topological polar surface area (TPSA) is 3.24 Å². The standard InChI is InChI=1S/C12H20FN/c1-12(2,3)10-9(13)6-14-5-7-4-8(7)11(10)14/h7-11H,4-6H2,1-3H3. The molecule has 2 aliphatic heterocycles. The molecule has 14 heavy (non-hydrogen) atoms. The van der Waals surface area contributed by atoms with Gasteiger partial charge < -0.3 is 0 Å². The van der Waals surface area contributed by atoms with E-state index >= 15 is 0 Å². The molecule has 3 fully saturated rings. The average Bonchev–Trinajstić information content (AvgIpc) is 2.54. The Morgan fingerprint density at radius 3 is 2.57 bits per heavy atom. The van der Waals surface area contributed by atoms with Gasteiger partial charge in [-0.2, -0.15) is 0 Å². The lowest BCUT2D eigenvalue weighted by Gasteiger charge is -2.34. The van der Waals surface area contributed by atoms with Crippen LogP contribution in [0, 0.1) is 23.2 Å².